The second-order valence-electron chi connectivity index (χ2n) is 4.23. The van der Waals surface area contributed by atoms with E-state index in [-0.39, 0.29) is 0 Å². The van der Waals surface area contributed by atoms with E-state index in [0.717, 1.165) is 17.2 Å². The van der Waals surface area contributed by atoms with Crippen LogP contribution in [0.5, 0.6) is 5.88 Å². The molecule has 2 aromatic rings. The van der Waals surface area contributed by atoms with Crippen LogP contribution in [-0.2, 0) is 6.54 Å². The number of hydrogen-bond donors (Lipinski definition) is 1. The highest BCUT2D eigenvalue weighted by molar-refractivity contribution is 7.14. The third-order valence-electron chi connectivity index (χ3n) is 2.39. The first kappa shape index (κ1) is 13.0. The fraction of sp³-hybridized carbons (Fsp3) is 0.385. The van der Waals surface area contributed by atoms with Crippen LogP contribution >= 0.6 is 11.3 Å². The van der Waals surface area contributed by atoms with E-state index >= 15 is 0 Å². The fourth-order valence-corrected chi connectivity index (χ4v) is 2.29. The lowest BCUT2D eigenvalue weighted by Crippen LogP contribution is -2.21. The van der Waals surface area contributed by atoms with Gasteiger partial charge in [-0.25, -0.2) is 9.97 Å². The maximum absolute atomic E-state index is 5.12. The Balaban J connectivity index is 2.13. The summed E-state index contributed by atoms with van der Waals surface area (Å²) in [6, 6.07) is 6.18. The molecule has 5 heteroatoms. The van der Waals surface area contributed by atoms with E-state index in [1.807, 2.05) is 24.4 Å². The predicted molar refractivity (Wildman–Crippen MR) is 73.9 cm³/mol. The predicted octanol–water partition coefficient (Wildman–Crippen LogP) is 2.71. The average Bonchev–Trinajstić information content (AvgIpc) is 2.85. The van der Waals surface area contributed by atoms with Crippen LogP contribution in [0.1, 0.15) is 18.7 Å². The molecule has 0 fully saturated rings. The van der Waals surface area contributed by atoms with Crippen molar-refractivity contribution in [1.82, 2.24) is 15.3 Å². The summed E-state index contributed by atoms with van der Waals surface area (Å²) in [5.74, 6) is 0.615. The third kappa shape index (κ3) is 3.27. The van der Waals surface area contributed by atoms with Crippen LogP contribution in [-0.4, -0.2) is 23.1 Å². The van der Waals surface area contributed by atoms with Gasteiger partial charge in [0.05, 0.1) is 7.11 Å². The molecular weight excluding hydrogens is 246 g/mol. The molecule has 0 atom stereocenters. The highest BCUT2D eigenvalue weighted by Crippen LogP contribution is 2.24. The average molecular weight is 263 g/mol. The first-order chi connectivity index (χ1) is 8.69. The molecule has 2 rings (SSSR count). The van der Waals surface area contributed by atoms with Crippen molar-refractivity contribution in [2.75, 3.05) is 7.11 Å². The van der Waals surface area contributed by atoms with Gasteiger partial charge in [0.1, 0.15) is 10.7 Å². The van der Waals surface area contributed by atoms with Gasteiger partial charge >= 0.3 is 0 Å². The zero-order chi connectivity index (χ0) is 13.0. The van der Waals surface area contributed by atoms with Crippen molar-refractivity contribution in [3.8, 4) is 16.6 Å². The van der Waals surface area contributed by atoms with Gasteiger partial charge in [0.25, 0.3) is 0 Å². The van der Waals surface area contributed by atoms with Crippen LogP contribution in [0.4, 0.5) is 0 Å². The number of nitrogens with zero attached hydrogens (tertiary/aromatic N) is 2. The summed E-state index contributed by atoms with van der Waals surface area (Å²) in [5.41, 5.74) is 0.857. The molecular formula is C13H17N3OS. The van der Waals surface area contributed by atoms with Crippen molar-refractivity contribution in [3.63, 3.8) is 0 Å². The molecule has 1 N–H and O–H groups in total. The van der Waals surface area contributed by atoms with Crippen LogP contribution in [0.3, 0.4) is 0 Å². The Morgan fingerprint density at radius 2 is 2.22 bits per heavy atom. The molecule has 0 aliphatic rings. The Morgan fingerprint density at radius 1 is 1.39 bits per heavy atom. The smallest absolute Gasteiger partial charge is 0.213 e. The zero-order valence-electron chi connectivity index (χ0n) is 10.8. The molecule has 0 aromatic carbocycles. The minimum Gasteiger partial charge on any atom is -0.481 e. The number of rotatable bonds is 5. The summed E-state index contributed by atoms with van der Waals surface area (Å²) in [6.07, 6.45) is 1.90. The number of aromatic nitrogens is 2. The Hall–Kier alpha value is -1.46. The fourth-order valence-electron chi connectivity index (χ4n) is 1.46. The van der Waals surface area contributed by atoms with Crippen LogP contribution in [0.25, 0.3) is 10.7 Å². The SMILES string of the molecule is COc1cccc(-c2ncc(CNC(C)C)s2)n1. The molecule has 2 heterocycles. The molecule has 0 amide bonds. The quantitative estimate of drug-likeness (QED) is 0.901. The topological polar surface area (TPSA) is 47.0 Å². The maximum Gasteiger partial charge on any atom is 0.213 e. The van der Waals surface area contributed by atoms with Crippen LogP contribution in [0.2, 0.25) is 0 Å². The number of ether oxygens (including phenoxy) is 1. The van der Waals surface area contributed by atoms with Crippen molar-refractivity contribution in [2.24, 2.45) is 0 Å². The molecule has 0 aliphatic heterocycles. The molecule has 0 aliphatic carbocycles. The molecule has 4 nitrogen and oxygen atoms in total. The Morgan fingerprint density at radius 3 is 2.94 bits per heavy atom. The summed E-state index contributed by atoms with van der Waals surface area (Å²) in [4.78, 5) is 9.99. The lowest BCUT2D eigenvalue weighted by Gasteiger charge is -2.04. The van der Waals surface area contributed by atoms with Gasteiger partial charge in [0.15, 0.2) is 0 Å². The molecule has 0 spiro atoms. The van der Waals surface area contributed by atoms with E-state index in [2.05, 4.69) is 29.1 Å². The van der Waals surface area contributed by atoms with E-state index in [9.17, 15) is 0 Å². The van der Waals surface area contributed by atoms with Crippen molar-refractivity contribution in [1.29, 1.82) is 0 Å². The number of methoxy groups -OCH3 is 1. The molecule has 0 radical (unpaired) electrons. The van der Waals surface area contributed by atoms with Gasteiger partial charge < -0.3 is 10.1 Å². The number of thiazole rings is 1. The summed E-state index contributed by atoms with van der Waals surface area (Å²) in [6.45, 7) is 5.11. The first-order valence-corrected chi connectivity index (χ1v) is 6.70. The number of nitrogens with one attached hydrogen (secondary N) is 1. The van der Waals surface area contributed by atoms with Gasteiger partial charge in [-0.15, -0.1) is 11.3 Å². The normalized spacial score (nSPS) is 10.9. The number of pyridine rings is 1. The minimum atomic E-state index is 0.477. The summed E-state index contributed by atoms with van der Waals surface area (Å²) in [5, 5.41) is 4.30. The Bertz CT molecular complexity index is 510. The highest BCUT2D eigenvalue weighted by atomic mass is 32.1. The highest BCUT2D eigenvalue weighted by Gasteiger charge is 2.07. The van der Waals surface area contributed by atoms with E-state index in [0.29, 0.717) is 11.9 Å². The second-order valence-corrected chi connectivity index (χ2v) is 5.35. The largest absolute Gasteiger partial charge is 0.481 e. The Kier molecular flexibility index (Phi) is 4.28. The molecule has 0 bridgehead atoms. The first-order valence-electron chi connectivity index (χ1n) is 5.88. The molecule has 18 heavy (non-hydrogen) atoms. The van der Waals surface area contributed by atoms with Gasteiger partial charge in [-0.2, -0.15) is 0 Å². The molecule has 0 saturated heterocycles. The van der Waals surface area contributed by atoms with Gasteiger partial charge in [0.2, 0.25) is 5.88 Å². The molecule has 0 saturated carbocycles. The van der Waals surface area contributed by atoms with Crippen molar-refractivity contribution in [2.45, 2.75) is 26.4 Å². The monoisotopic (exact) mass is 263 g/mol. The van der Waals surface area contributed by atoms with Crippen LogP contribution in [0.15, 0.2) is 24.4 Å². The van der Waals surface area contributed by atoms with Crippen molar-refractivity contribution in [3.05, 3.63) is 29.3 Å². The summed E-state index contributed by atoms with van der Waals surface area (Å²) in [7, 11) is 1.62. The second kappa shape index (κ2) is 5.93. The standard InChI is InChI=1S/C13H17N3OS/c1-9(2)14-7-10-8-15-13(18-10)11-5-4-6-12(16-11)17-3/h4-6,8-9,14H,7H2,1-3H3. The molecule has 2 aromatic heterocycles. The van der Waals surface area contributed by atoms with Crippen molar-refractivity contribution >= 4 is 11.3 Å². The van der Waals surface area contributed by atoms with Crippen molar-refractivity contribution < 1.29 is 4.74 Å². The van der Waals surface area contributed by atoms with Gasteiger partial charge in [0, 0.05) is 29.7 Å². The van der Waals surface area contributed by atoms with Gasteiger partial charge in [-0.05, 0) is 6.07 Å². The number of hydrogen-bond acceptors (Lipinski definition) is 5. The summed E-state index contributed by atoms with van der Waals surface area (Å²) < 4.78 is 5.12. The van der Waals surface area contributed by atoms with Gasteiger partial charge in [-0.1, -0.05) is 19.9 Å². The molecule has 0 unspecified atom stereocenters. The minimum absolute atomic E-state index is 0.477. The van der Waals surface area contributed by atoms with E-state index in [4.69, 9.17) is 4.74 Å². The zero-order valence-corrected chi connectivity index (χ0v) is 11.6. The van der Waals surface area contributed by atoms with Crippen LogP contribution < -0.4 is 10.1 Å². The maximum atomic E-state index is 5.12. The van der Waals surface area contributed by atoms with E-state index in [1.165, 1.54) is 4.88 Å². The van der Waals surface area contributed by atoms with E-state index in [1.54, 1.807) is 18.4 Å². The lowest BCUT2D eigenvalue weighted by atomic mass is 10.3. The van der Waals surface area contributed by atoms with E-state index < -0.39 is 0 Å². The summed E-state index contributed by atoms with van der Waals surface area (Å²) >= 11 is 1.66. The Labute approximate surface area is 111 Å². The van der Waals surface area contributed by atoms with Gasteiger partial charge in [-0.3, -0.25) is 0 Å². The lowest BCUT2D eigenvalue weighted by molar-refractivity contribution is 0.398. The van der Waals surface area contributed by atoms with Crippen LogP contribution in [0, 0.1) is 0 Å². The third-order valence-corrected chi connectivity index (χ3v) is 3.41. The molecule has 96 valence electrons.